The van der Waals surface area contributed by atoms with Gasteiger partial charge in [-0.05, 0) is 51.6 Å². The van der Waals surface area contributed by atoms with E-state index < -0.39 is 0 Å². The summed E-state index contributed by atoms with van der Waals surface area (Å²) in [5.74, 6) is 7.25. The molecule has 0 aliphatic carbocycles. The van der Waals surface area contributed by atoms with Gasteiger partial charge in [0.15, 0.2) is 0 Å². The molecule has 3 N–H and O–H groups in total. The number of nitrogens with two attached hydrogens (primary N) is 1. The van der Waals surface area contributed by atoms with E-state index in [1.807, 2.05) is 6.92 Å². The van der Waals surface area contributed by atoms with Crippen LogP contribution < -0.4 is 11.3 Å². The number of hydrogen-bond acceptors (Lipinski definition) is 3. The first-order valence-corrected chi connectivity index (χ1v) is 7.32. The van der Waals surface area contributed by atoms with Gasteiger partial charge < -0.3 is 9.80 Å². The van der Waals surface area contributed by atoms with Gasteiger partial charge in [-0.2, -0.15) is 0 Å². The molecule has 2 aliphatic rings. The molecule has 5 nitrogen and oxygen atoms in total. The van der Waals surface area contributed by atoms with Crippen LogP contribution >= 0.6 is 0 Å². The average molecular weight is 253 g/mol. The molecule has 18 heavy (non-hydrogen) atoms. The van der Waals surface area contributed by atoms with Crippen LogP contribution in [0.15, 0.2) is 4.99 Å². The zero-order chi connectivity index (χ0) is 12.8. The third-order valence-electron chi connectivity index (χ3n) is 4.07. The largest absolute Gasteiger partial charge is 0.342 e. The van der Waals surface area contributed by atoms with Crippen LogP contribution in [0.2, 0.25) is 0 Å². The monoisotopic (exact) mass is 253 g/mol. The molecule has 2 aliphatic heterocycles. The van der Waals surface area contributed by atoms with E-state index in [1.165, 1.54) is 45.3 Å². The number of guanidine groups is 1. The average Bonchev–Trinajstić information content (AvgIpc) is 2.90. The van der Waals surface area contributed by atoms with Crippen molar-refractivity contribution in [3.05, 3.63) is 0 Å². The summed E-state index contributed by atoms with van der Waals surface area (Å²) in [5, 5.41) is 0. The lowest BCUT2D eigenvalue weighted by Gasteiger charge is -2.35. The fraction of sp³-hybridized carbons (Fsp3) is 0.923. The van der Waals surface area contributed by atoms with E-state index in [-0.39, 0.29) is 0 Å². The van der Waals surface area contributed by atoms with Gasteiger partial charge >= 0.3 is 0 Å². The maximum absolute atomic E-state index is 5.53. The second-order valence-electron chi connectivity index (χ2n) is 5.38. The fourth-order valence-electron chi connectivity index (χ4n) is 3.04. The smallest absolute Gasteiger partial charge is 0.208 e. The van der Waals surface area contributed by atoms with Crippen molar-refractivity contribution in [3.63, 3.8) is 0 Å². The second-order valence-corrected chi connectivity index (χ2v) is 5.38. The summed E-state index contributed by atoms with van der Waals surface area (Å²) < 4.78 is 0. The highest BCUT2D eigenvalue weighted by Crippen LogP contribution is 2.20. The quantitative estimate of drug-likeness (QED) is 0.335. The van der Waals surface area contributed by atoms with Crippen LogP contribution in [0.3, 0.4) is 0 Å². The molecular weight excluding hydrogens is 226 g/mol. The lowest BCUT2D eigenvalue weighted by atomic mass is 9.96. The maximum atomic E-state index is 5.53. The normalized spacial score (nSPS) is 23.7. The second kappa shape index (κ2) is 6.95. The molecule has 0 amide bonds. The van der Waals surface area contributed by atoms with Crippen molar-refractivity contribution in [1.82, 2.24) is 15.2 Å². The molecule has 0 unspecified atom stereocenters. The van der Waals surface area contributed by atoms with Gasteiger partial charge in [-0.1, -0.05) is 0 Å². The van der Waals surface area contributed by atoms with Gasteiger partial charge in [0.2, 0.25) is 5.96 Å². The van der Waals surface area contributed by atoms with Crippen LogP contribution in [0, 0.1) is 5.92 Å². The summed E-state index contributed by atoms with van der Waals surface area (Å²) in [6.45, 7) is 8.91. The van der Waals surface area contributed by atoms with Crippen molar-refractivity contribution in [2.75, 3.05) is 39.3 Å². The van der Waals surface area contributed by atoms with Crippen molar-refractivity contribution in [2.45, 2.75) is 32.6 Å². The van der Waals surface area contributed by atoms with Crippen LogP contribution in [-0.4, -0.2) is 55.0 Å². The molecule has 0 spiro atoms. The minimum absolute atomic E-state index is 0.785. The molecule has 2 heterocycles. The van der Waals surface area contributed by atoms with Gasteiger partial charge in [0, 0.05) is 26.2 Å². The van der Waals surface area contributed by atoms with Gasteiger partial charge in [0.1, 0.15) is 0 Å². The van der Waals surface area contributed by atoms with Gasteiger partial charge in [-0.15, -0.1) is 0 Å². The van der Waals surface area contributed by atoms with Crippen molar-refractivity contribution in [2.24, 2.45) is 16.8 Å². The Morgan fingerprint density at radius 2 is 1.89 bits per heavy atom. The van der Waals surface area contributed by atoms with Gasteiger partial charge in [-0.25, -0.2) is 5.84 Å². The standard InChI is InChI=1S/C13H27N5/c1-2-15-13(16-14)18-9-5-12(6-10-18)11-17-7-3-4-8-17/h12H,2-11,14H2,1H3,(H,15,16). The number of rotatable bonds is 3. The van der Waals surface area contributed by atoms with E-state index in [1.54, 1.807) is 0 Å². The number of likely N-dealkylation sites (tertiary alicyclic amines) is 2. The molecule has 0 aromatic heterocycles. The molecule has 2 fully saturated rings. The SMILES string of the molecule is CCN=C(NN)N1CCC(CN2CCCC2)CC1. The molecule has 0 saturated carbocycles. The molecule has 104 valence electrons. The highest BCUT2D eigenvalue weighted by molar-refractivity contribution is 5.79. The summed E-state index contributed by atoms with van der Waals surface area (Å²) in [6, 6.07) is 0. The Kier molecular flexibility index (Phi) is 5.26. The van der Waals surface area contributed by atoms with E-state index in [9.17, 15) is 0 Å². The molecule has 5 heteroatoms. The number of hydrogen-bond donors (Lipinski definition) is 2. The highest BCUT2D eigenvalue weighted by Gasteiger charge is 2.23. The van der Waals surface area contributed by atoms with Crippen LogP contribution in [0.1, 0.15) is 32.6 Å². The number of hydrazine groups is 1. The Bertz CT molecular complexity index is 265. The number of nitrogens with one attached hydrogen (secondary N) is 1. The Labute approximate surface area is 110 Å². The third-order valence-corrected chi connectivity index (χ3v) is 4.07. The molecule has 2 saturated heterocycles. The maximum Gasteiger partial charge on any atom is 0.208 e. The van der Waals surface area contributed by atoms with E-state index >= 15 is 0 Å². The van der Waals surface area contributed by atoms with Gasteiger partial charge in [-0.3, -0.25) is 10.4 Å². The van der Waals surface area contributed by atoms with E-state index in [2.05, 4.69) is 20.2 Å². The van der Waals surface area contributed by atoms with Crippen molar-refractivity contribution < 1.29 is 0 Å². The van der Waals surface area contributed by atoms with Crippen molar-refractivity contribution >= 4 is 5.96 Å². The van der Waals surface area contributed by atoms with Crippen LogP contribution in [-0.2, 0) is 0 Å². The molecule has 0 bridgehead atoms. The number of nitrogens with zero attached hydrogens (tertiary/aromatic N) is 3. The van der Waals surface area contributed by atoms with E-state index in [4.69, 9.17) is 5.84 Å². The first-order chi connectivity index (χ1) is 8.83. The van der Waals surface area contributed by atoms with Crippen molar-refractivity contribution in [1.29, 1.82) is 0 Å². The van der Waals surface area contributed by atoms with Crippen LogP contribution in [0.5, 0.6) is 0 Å². The van der Waals surface area contributed by atoms with Gasteiger partial charge in [0.25, 0.3) is 0 Å². The molecule has 0 radical (unpaired) electrons. The molecule has 0 aromatic carbocycles. The summed E-state index contributed by atoms with van der Waals surface area (Å²) >= 11 is 0. The van der Waals surface area contributed by atoms with Gasteiger partial charge in [0.05, 0.1) is 0 Å². The zero-order valence-corrected chi connectivity index (χ0v) is 11.6. The minimum Gasteiger partial charge on any atom is -0.342 e. The Balaban J connectivity index is 1.74. The summed E-state index contributed by atoms with van der Waals surface area (Å²) in [6.07, 6.45) is 5.31. The highest BCUT2D eigenvalue weighted by atomic mass is 15.4. The first-order valence-electron chi connectivity index (χ1n) is 7.32. The Hall–Kier alpha value is -0.810. The summed E-state index contributed by atoms with van der Waals surface area (Å²) in [5.41, 5.74) is 2.73. The predicted octanol–water partition coefficient (Wildman–Crippen LogP) is 0.633. The number of piperidine rings is 1. The fourth-order valence-corrected chi connectivity index (χ4v) is 3.04. The Morgan fingerprint density at radius 3 is 2.44 bits per heavy atom. The van der Waals surface area contributed by atoms with Crippen LogP contribution in [0.4, 0.5) is 0 Å². The summed E-state index contributed by atoms with van der Waals surface area (Å²) in [4.78, 5) is 9.30. The van der Waals surface area contributed by atoms with Crippen molar-refractivity contribution in [3.8, 4) is 0 Å². The molecule has 2 rings (SSSR count). The predicted molar refractivity (Wildman–Crippen MR) is 75.3 cm³/mol. The van der Waals surface area contributed by atoms with E-state index in [0.717, 1.165) is 31.5 Å². The third kappa shape index (κ3) is 3.59. The minimum atomic E-state index is 0.785. The zero-order valence-electron chi connectivity index (χ0n) is 11.6. The lowest BCUT2D eigenvalue weighted by Crippen LogP contribution is -2.49. The number of aliphatic imine (C=N–C) groups is 1. The summed E-state index contributed by atoms with van der Waals surface area (Å²) in [7, 11) is 0. The molecular formula is C13H27N5. The van der Waals surface area contributed by atoms with Crippen LogP contribution in [0.25, 0.3) is 0 Å². The Morgan fingerprint density at radius 1 is 1.22 bits per heavy atom. The molecule has 0 atom stereocenters. The lowest BCUT2D eigenvalue weighted by molar-refractivity contribution is 0.198. The topological polar surface area (TPSA) is 56.9 Å². The first kappa shape index (κ1) is 13.6. The van der Waals surface area contributed by atoms with E-state index in [0.29, 0.717) is 0 Å². The molecule has 0 aromatic rings.